The predicted molar refractivity (Wildman–Crippen MR) is 129 cm³/mol. The number of carbonyl (C=O) groups excluding carboxylic acids is 1. The summed E-state index contributed by atoms with van der Waals surface area (Å²) in [6.07, 6.45) is 5.00. The molecule has 1 unspecified atom stereocenters. The fourth-order valence-electron chi connectivity index (χ4n) is 4.07. The van der Waals surface area contributed by atoms with Crippen molar-refractivity contribution in [2.24, 2.45) is 5.41 Å². The van der Waals surface area contributed by atoms with Crippen LogP contribution in [-0.2, 0) is 11.2 Å². The molecule has 1 heterocycles. The Morgan fingerprint density at radius 2 is 1.87 bits per heavy atom. The van der Waals surface area contributed by atoms with Gasteiger partial charge in [-0.2, -0.15) is 0 Å². The fraction of sp³-hybridized carbons (Fsp3) is 0.385. The van der Waals surface area contributed by atoms with Crippen LogP contribution >= 0.6 is 11.6 Å². The summed E-state index contributed by atoms with van der Waals surface area (Å²) in [6.45, 7) is 8.23. The Kier molecular flexibility index (Phi) is 7.55. The van der Waals surface area contributed by atoms with Gasteiger partial charge in [0.15, 0.2) is 0 Å². The van der Waals surface area contributed by atoms with Crippen LogP contribution in [-0.4, -0.2) is 17.0 Å². The molecule has 164 valence electrons. The molecule has 0 fully saturated rings. The molecule has 0 saturated carbocycles. The van der Waals surface area contributed by atoms with Crippen LogP contribution < -0.4 is 10.1 Å². The minimum Gasteiger partial charge on any atom is -0.491 e. The maximum atomic E-state index is 13.6. The van der Waals surface area contributed by atoms with E-state index in [1.807, 2.05) is 50.2 Å². The lowest BCUT2D eigenvalue weighted by atomic mass is 9.74. The molecule has 4 nitrogen and oxygen atoms in total. The number of anilines is 1. The zero-order valence-electron chi connectivity index (χ0n) is 18.7. The number of ether oxygens (including phenoxy) is 1. The van der Waals surface area contributed by atoms with Crippen molar-refractivity contribution in [1.82, 2.24) is 4.98 Å². The summed E-state index contributed by atoms with van der Waals surface area (Å²) in [5.74, 6) is 0.869. The summed E-state index contributed by atoms with van der Waals surface area (Å²) in [6, 6.07) is 15.5. The maximum absolute atomic E-state index is 13.6. The van der Waals surface area contributed by atoms with Crippen molar-refractivity contribution >= 4 is 34.1 Å². The molecule has 1 atom stereocenters. The van der Waals surface area contributed by atoms with Gasteiger partial charge in [0.1, 0.15) is 5.75 Å². The monoisotopic (exact) mass is 438 g/mol. The summed E-state index contributed by atoms with van der Waals surface area (Å²) in [5, 5.41) is 4.62. The first-order valence-electron chi connectivity index (χ1n) is 11.0. The number of rotatable bonds is 9. The van der Waals surface area contributed by atoms with Crippen LogP contribution in [0, 0.1) is 5.41 Å². The number of hydrogen-bond donors (Lipinski definition) is 1. The zero-order chi connectivity index (χ0) is 22.4. The lowest BCUT2D eigenvalue weighted by Gasteiger charge is -2.31. The highest BCUT2D eigenvalue weighted by Crippen LogP contribution is 2.36. The molecule has 1 N–H and O–H groups in total. The molecule has 3 aromatic rings. The van der Waals surface area contributed by atoms with Gasteiger partial charge in [0, 0.05) is 11.6 Å². The van der Waals surface area contributed by atoms with Crippen molar-refractivity contribution in [1.29, 1.82) is 0 Å². The van der Waals surface area contributed by atoms with Gasteiger partial charge < -0.3 is 10.1 Å². The molecule has 0 spiro atoms. The van der Waals surface area contributed by atoms with Crippen LogP contribution in [0.1, 0.15) is 52.5 Å². The Balaban J connectivity index is 1.88. The first kappa shape index (κ1) is 23.1. The third-order valence-electron chi connectivity index (χ3n) is 5.69. The Morgan fingerprint density at radius 1 is 1.13 bits per heavy atom. The Hall–Kier alpha value is -2.59. The van der Waals surface area contributed by atoms with Gasteiger partial charge in [-0.05, 0) is 75.1 Å². The molecule has 1 aromatic heterocycles. The number of nitrogens with one attached hydrogen (secondary N) is 1. The highest BCUT2D eigenvalue weighted by Gasteiger charge is 2.36. The van der Waals surface area contributed by atoms with Gasteiger partial charge in [-0.3, -0.25) is 9.78 Å². The number of carbonyl (C=O) groups is 1. The van der Waals surface area contributed by atoms with Crippen molar-refractivity contribution in [2.75, 3.05) is 5.32 Å². The van der Waals surface area contributed by atoms with Gasteiger partial charge in [0.25, 0.3) is 0 Å². The van der Waals surface area contributed by atoms with E-state index in [4.69, 9.17) is 16.3 Å². The fourth-order valence-corrected chi connectivity index (χ4v) is 4.28. The topological polar surface area (TPSA) is 51.2 Å². The second kappa shape index (κ2) is 10.1. The molecule has 0 aliphatic heterocycles. The number of nitrogens with zero attached hydrogens (tertiary/aromatic N) is 1. The minimum absolute atomic E-state index is 0.0219. The van der Waals surface area contributed by atoms with Crippen LogP contribution in [0.4, 0.5) is 5.69 Å². The zero-order valence-corrected chi connectivity index (χ0v) is 19.5. The third-order valence-corrected chi connectivity index (χ3v) is 6.02. The number of benzene rings is 2. The summed E-state index contributed by atoms with van der Waals surface area (Å²) >= 11 is 6.32. The normalized spacial score (nSPS) is 13.2. The van der Waals surface area contributed by atoms with E-state index in [0.29, 0.717) is 22.6 Å². The van der Waals surface area contributed by atoms with Gasteiger partial charge in [-0.15, -0.1) is 0 Å². The van der Waals surface area contributed by atoms with E-state index in [1.165, 1.54) is 0 Å². The van der Waals surface area contributed by atoms with Gasteiger partial charge >= 0.3 is 0 Å². The first-order valence-corrected chi connectivity index (χ1v) is 11.4. The van der Waals surface area contributed by atoms with Crippen molar-refractivity contribution in [3.63, 3.8) is 0 Å². The van der Waals surface area contributed by atoms with Gasteiger partial charge in [0.2, 0.25) is 5.91 Å². The van der Waals surface area contributed by atoms with Crippen LogP contribution in [0.5, 0.6) is 5.75 Å². The summed E-state index contributed by atoms with van der Waals surface area (Å²) in [5.41, 5.74) is 2.02. The van der Waals surface area contributed by atoms with E-state index in [9.17, 15) is 4.79 Å². The third kappa shape index (κ3) is 5.37. The molecule has 0 aliphatic rings. The molecular formula is C26H31ClN2O2. The van der Waals surface area contributed by atoms with E-state index in [2.05, 4.69) is 36.3 Å². The van der Waals surface area contributed by atoms with Crippen molar-refractivity contribution in [3.05, 3.63) is 65.3 Å². The van der Waals surface area contributed by atoms with Crippen molar-refractivity contribution < 1.29 is 9.53 Å². The van der Waals surface area contributed by atoms with Crippen LogP contribution in [0.25, 0.3) is 10.9 Å². The Labute approximate surface area is 190 Å². The minimum atomic E-state index is -0.504. The van der Waals surface area contributed by atoms with Crippen molar-refractivity contribution in [2.45, 2.75) is 59.5 Å². The SMILES string of the molecule is CCCC(CC)(Cc1ccc(OC(C)C)cc1)C(=O)Nc1ccc(Cl)c2cccnc12. The molecule has 31 heavy (non-hydrogen) atoms. The summed E-state index contributed by atoms with van der Waals surface area (Å²) in [4.78, 5) is 18.1. The lowest BCUT2D eigenvalue weighted by molar-refractivity contribution is -0.126. The molecule has 0 aliphatic carbocycles. The Bertz CT molecular complexity index is 1030. The second-order valence-electron chi connectivity index (χ2n) is 8.32. The van der Waals surface area contributed by atoms with Crippen molar-refractivity contribution in [3.8, 4) is 5.75 Å². The average molecular weight is 439 g/mol. The number of amides is 1. The van der Waals surface area contributed by atoms with Gasteiger partial charge in [-0.1, -0.05) is 44.0 Å². The largest absolute Gasteiger partial charge is 0.491 e. The standard InChI is InChI=1S/C26H31ClN2O2/c1-5-15-26(6-2,17-19-9-11-20(12-10-19)31-18(3)4)25(30)29-23-14-13-22(27)21-8-7-16-28-24(21)23/h7-14,16,18H,5-6,15,17H2,1-4H3,(H,29,30). The van der Waals surface area contributed by atoms with E-state index in [0.717, 1.165) is 36.0 Å². The van der Waals surface area contributed by atoms with E-state index in [-0.39, 0.29) is 12.0 Å². The quantitative estimate of drug-likeness (QED) is 0.389. The Morgan fingerprint density at radius 3 is 2.52 bits per heavy atom. The highest BCUT2D eigenvalue weighted by molar-refractivity contribution is 6.36. The predicted octanol–water partition coefficient (Wildman–Crippen LogP) is 7.05. The molecule has 1 amide bonds. The van der Waals surface area contributed by atoms with Crippen LogP contribution in [0.3, 0.4) is 0 Å². The van der Waals surface area contributed by atoms with Crippen LogP contribution in [0.2, 0.25) is 5.02 Å². The summed E-state index contributed by atoms with van der Waals surface area (Å²) < 4.78 is 5.75. The molecule has 0 radical (unpaired) electrons. The lowest BCUT2D eigenvalue weighted by Crippen LogP contribution is -2.38. The first-order chi connectivity index (χ1) is 14.9. The molecule has 0 saturated heterocycles. The molecule has 3 rings (SSSR count). The number of fused-ring (bicyclic) bond motifs is 1. The number of aromatic nitrogens is 1. The average Bonchev–Trinajstić information content (AvgIpc) is 2.76. The molecule has 2 aromatic carbocycles. The second-order valence-corrected chi connectivity index (χ2v) is 8.73. The van der Waals surface area contributed by atoms with E-state index < -0.39 is 5.41 Å². The molecule has 5 heteroatoms. The summed E-state index contributed by atoms with van der Waals surface area (Å²) in [7, 11) is 0. The molecule has 0 bridgehead atoms. The highest BCUT2D eigenvalue weighted by atomic mass is 35.5. The van der Waals surface area contributed by atoms with E-state index >= 15 is 0 Å². The molecular weight excluding hydrogens is 408 g/mol. The number of halogens is 1. The van der Waals surface area contributed by atoms with Gasteiger partial charge in [-0.25, -0.2) is 0 Å². The maximum Gasteiger partial charge on any atom is 0.230 e. The number of hydrogen-bond acceptors (Lipinski definition) is 3. The number of pyridine rings is 1. The smallest absolute Gasteiger partial charge is 0.230 e. The van der Waals surface area contributed by atoms with Crippen LogP contribution in [0.15, 0.2) is 54.7 Å². The van der Waals surface area contributed by atoms with Gasteiger partial charge in [0.05, 0.1) is 27.7 Å². The van der Waals surface area contributed by atoms with E-state index in [1.54, 1.807) is 6.20 Å².